The minimum absolute atomic E-state index is 0.0272. The van der Waals surface area contributed by atoms with Crippen molar-refractivity contribution in [1.82, 2.24) is 10.2 Å². The third-order valence-electron chi connectivity index (χ3n) is 6.13. The number of nitrogens with zero attached hydrogens (tertiary/aromatic N) is 1. The van der Waals surface area contributed by atoms with Crippen LogP contribution in [0.25, 0.3) is 6.08 Å². The molecule has 2 fully saturated rings. The zero-order chi connectivity index (χ0) is 21.8. The molecule has 162 valence electrons. The standard InChI is InChI=1S/C25H28N2O3S/c1-27-21-15-19(24(28)26-16-17-7-4-3-5-8-17)11-12-22(21)31-23(25(27)29)14-18-9-6-10-20(13-18)30-2/h3-10,13-14,19,21-22H,11-12,15-16H2,1-2H3,(H,26,28)/b23-14-. The highest BCUT2D eigenvalue weighted by Gasteiger charge is 2.42. The molecule has 5 nitrogen and oxygen atoms in total. The normalized spacial score (nSPS) is 24.6. The first kappa shape index (κ1) is 21.5. The van der Waals surface area contributed by atoms with Crippen molar-refractivity contribution in [3.05, 3.63) is 70.6 Å². The van der Waals surface area contributed by atoms with Gasteiger partial charge in [-0.3, -0.25) is 9.59 Å². The van der Waals surface area contributed by atoms with Crippen molar-refractivity contribution in [1.29, 1.82) is 0 Å². The first-order valence-corrected chi connectivity index (χ1v) is 11.5. The van der Waals surface area contributed by atoms with Crippen LogP contribution in [-0.2, 0) is 16.1 Å². The highest BCUT2D eigenvalue weighted by Crippen LogP contribution is 2.43. The Morgan fingerprint density at radius 3 is 2.77 bits per heavy atom. The Morgan fingerprint density at radius 2 is 2.00 bits per heavy atom. The maximum absolute atomic E-state index is 13.0. The lowest BCUT2D eigenvalue weighted by Crippen LogP contribution is -2.52. The molecule has 4 rings (SSSR count). The number of rotatable bonds is 5. The summed E-state index contributed by atoms with van der Waals surface area (Å²) in [5, 5.41) is 3.39. The van der Waals surface area contributed by atoms with Gasteiger partial charge in [0.1, 0.15) is 5.75 Å². The van der Waals surface area contributed by atoms with E-state index in [4.69, 9.17) is 4.74 Å². The third kappa shape index (κ3) is 4.96. The smallest absolute Gasteiger partial charge is 0.260 e. The minimum Gasteiger partial charge on any atom is -0.497 e. The summed E-state index contributed by atoms with van der Waals surface area (Å²) in [5.41, 5.74) is 2.05. The number of thioether (sulfide) groups is 1. The zero-order valence-corrected chi connectivity index (χ0v) is 18.7. The number of benzene rings is 2. The Labute approximate surface area is 187 Å². The van der Waals surface area contributed by atoms with E-state index >= 15 is 0 Å². The fourth-order valence-electron chi connectivity index (χ4n) is 4.35. The molecule has 2 aliphatic rings. The van der Waals surface area contributed by atoms with Gasteiger partial charge in [-0.2, -0.15) is 0 Å². The molecule has 1 aliphatic carbocycles. The van der Waals surface area contributed by atoms with Crippen LogP contribution in [0.2, 0.25) is 0 Å². The lowest BCUT2D eigenvalue weighted by Gasteiger charge is -2.44. The molecule has 2 aromatic rings. The van der Waals surface area contributed by atoms with E-state index in [1.54, 1.807) is 18.9 Å². The second-order valence-corrected chi connectivity index (χ2v) is 9.42. The Morgan fingerprint density at radius 1 is 1.19 bits per heavy atom. The maximum atomic E-state index is 13.0. The van der Waals surface area contributed by atoms with Crippen LogP contribution in [-0.4, -0.2) is 42.2 Å². The SMILES string of the molecule is COc1cccc(/C=C2\SC3CCC(C(=O)NCc4ccccc4)CC3N(C)C2=O)c1. The second-order valence-electron chi connectivity index (χ2n) is 8.14. The molecule has 1 N–H and O–H groups in total. The van der Waals surface area contributed by atoms with E-state index in [9.17, 15) is 9.59 Å². The average molecular weight is 437 g/mol. The molecule has 0 bridgehead atoms. The van der Waals surface area contributed by atoms with Crippen molar-refractivity contribution in [3.8, 4) is 5.75 Å². The summed E-state index contributed by atoms with van der Waals surface area (Å²) in [6.45, 7) is 0.543. The molecule has 3 atom stereocenters. The van der Waals surface area contributed by atoms with E-state index < -0.39 is 0 Å². The molecule has 1 saturated carbocycles. The molecule has 31 heavy (non-hydrogen) atoms. The number of hydrogen-bond donors (Lipinski definition) is 1. The predicted octanol–water partition coefficient (Wildman–Crippen LogP) is 4.10. The summed E-state index contributed by atoms with van der Waals surface area (Å²) in [6.07, 6.45) is 4.43. The fourth-order valence-corrected chi connectivity index (χ4v) is 5.83. The lowest BCUT2D eigenvalue weighted by atomic mass is 9.83. The van der Waals surface area contributed by atoms with Gasteiger partial charge in [0.2, 0.25) is 5.91 Å². The number of carbonyl (C=O) groups is 2. The van der Waals surface area contributed by atoms with Crippen LogP contribution in [0.1, 0.15) is 30.4 Å². The van der Waals surface area contributed by atoms with Gasteiger partial charge in [-0.15, -0.1) is 11.8 Å². The average Bonchev–Trinajstić information content (AvgIpc) is 2.81. The highest BCUT2D eigenvalue weighted by molar-refractivity contribution is 8.04. The van der Waals surface area contributed by atoms with Gasteiger partial charge in [0.15, 0.2) is 0 Å². The monoisotopic (exact) mass is 436 g/mol. The zero-order valence-electron chi connectivity index (χ0n) is 17.9. The fraction of sp³-hybridized carbons (Fsp3) is 0.360. The number of fused-ring (bicyclic) bond motifs is 1. The van der Waals surface area contributed by atoms with Crippen LogP contribution in [0.3, 0.4) is 0 Å². The molecular formula is C25H28N2O3S. The van der Waals surface area contributed by atoms with Gasteiger partial charge in [-0.25, -0.2) is 0 Å². The Kier molecular flexibility index (Phi) is 6.66. The quantitative estimate of drug-likeness (QED) is 0.717. The molecule has 2 aromatic carbocycles. The summed E-state index contributed by atoms with van der Waals surface area (Å²) in [5.74, 6) is 0.839. The number of ether oxygens (including phenoxy) is 1. The van der Waals surface area contributed by atoms with E-state index in [0.29, 0.717) is 18.2 Å². The Balaban J connectivity index is 1.40. The molecule has 0 radical (unpaired) electrons. The number of methoxy groups -OCH3 is 1. The lowest BCUT2D eigenvalue weighted by molar-refractivity contribution is -0.132. The molecular weight excluding hydrogens is 408 g/mol. The van der Waals surface area contributed by atoms with Gasteiger partial charge in [0.05, 0.1) is 12.0 Å². The van der Waals surface area contributed by atoms with Crippen molar-refractivity contribution in [3.63, 3.8) is 0 Å². The van der Waals surface area contributed by atoms with Crippen molar-refractivity contribution in [2.75, 3.05) is 14.2 Å². The van der Waals surface area contributed by atoms with Crippen molar-refractivity contribution in [2.45, 2.75) is 37.1 Å². The first-order chi connectivity index (χ1) is 15.0. The summed E-state index contributed by atoms with van der Waals surface area (Å²) < 4.78 is 5.29. The van der Waals surface area contributed by atoms with Gasteiger partial charge >= 0.3 is 0 Å². The van der Waals surface area contributed by atoms with Crippen LogP contribution >= 0.6 is 11.8 Å². The van der Waals surface area contributed by atoms with E-state index in [-0.39, 0.29) is 23.8 Å². The van der Waals surface area contributed by atoms with E-state index in [1.165, 1.54) is 0 Å². The first-order valence-electron chi connectivity index (χ1n) is 10.7. The van der Waals surface area contributed by atoms with Gasteiger partial charge in [-0.1, -0.05) is 42.5 Å². The van der Waals surface area contributed by atoms with Crippen LogP contribution in [0, 0.1) is 5.92 Å². The second kappa shape index (κ2) is 9.60. The van der Waals surface area contributed by atoms with Gasteiger partial charge < -0.3 is 15.0 Å². The molecule has 1 heterocycles. The third-order valence-corrected chi connectivity index (χ3v) is 7.53. The molecule has 6 heteroatoms. The number of hydrogen-bond acceptors (Lipinski definition) is 4. The van der Waals surface area contributed by atoms with Crippen LogP contribution in [0.4, 0.5) is 0 Å². The number of likely N-dealkylation sites (N-methyl/N-ethyl adjacent to an activating group) is 1. The van der Waals surface area contributed by atoms with Crippen LogP contribution in [0.15, 0.2) is 59.5 Å². The van der Waals surface area contributed by atoms with Crippen molar-refractivity contribution in [2.24, 2.45) is 5.92 Å². The van der Waals surface area contributed by atoms with E-state index in [2.05, 4.69) is 5.32 Å². The van der Waals surface area contributed by atoms with Gasteiger partial charge in [0.25, 0.3) is 5.91 Å². The highest BCUT2D eigenvalue weighted by atomic mass is 32.2. The molecule has 1 aliphatic heterocycles. The van der Waals surface area contributed by atoms with Crippen molar-refractivity contribution < 1.29 is 14.3 Å². The number of amides is 2. The molecule has 0 aromatic heterocycles. The summed E-state index contributed by atoms with van der Waals surface area (Å²) >= 11 is 1.66. The largest absolute Gasteiger partial charge is 0.497 e. The van der Waals surface area contributed by atoms with Gasteiger partial charge in [-0.05, 0) is 48.6 Å². The predicted molar refractivity (Wildman–Crippen MR) is 125 cm³/mol. The maximum Gasteiger partial charge on any atom is 0.260 e. The number of carbonyl (C=O) groups excluding carboxylic acids is 2. The van der Waals surface area contributed by atoms with Crippen LogP contribution in [0.5, 0.6) is 5.75 Å². The summed E-state index contributed by atoms with van der Waals surface area (Å²) in [7, 11) is 3.50. The molecule has 3 unspecified atom stereocenters. The molecule has 2 amide bonds. The number of nitrogens with one attached hydrogen (secondary N) is 1. The Bertz CT molecular complexity index is 976. The summed E-state index contributed by atoms with van der Waals surface area (Å²) in [6, 6.07) is 17.8. The van der Waals surface area contributed by atoms with Crippen LogP contribution < -0.4 is 10.1 Å². The molecule has 0 spiro atoms. The van der Waals surface area contributed by atoms with E-state index in [1.807, 2.05) is 72.6 Å². The topological polar surface area (TPSA) is 58.6 Å². The van der Waals surface area contributed by atoms with Gasteiger partial charge in [0, 0.05) is 30.8 Å². The Hall–Kier alpha value is -2.73. The molecule has 1 saturated heterocycles. The van der Waals surface area contributed by atoms with E-state index in [0.717, 1.165) is 34.6 Å². The summed E-state index contributed by atoms with van der Waals surface area (Å²) in [4.78, 5) is 28.4. The van der Waals surface area contributed by atoms with Crippen molar-refractivity contribution >= 4 is 29.7 Å². The minimum atomic E-state index is -0.0512.